The second kappa shape index (κ2) is 7.63. The normalized spacial score (nSPS) is 15.0. The van der Waals surface area contributed by atoms with Gasteiger partial charge in [-0.1, -0.05) is 0 Å². The highest BCUT2D eigenvalue weighted by Gasteiger charge is 2.27. The van der Waals surface area contributed by atoms with Crippen LogP contribution in [0.1, 0.15) is 29.0 Å². The van der Waals surface area contributed by atoms with Gasteiger partial charge in [-0.05, 0) is 31.9 Å². The van der Waals surface area contributed by atoms with Crippen LogP contribution in [0.4, 0.5) is 11.6 Å². The van der Waals surface area contributed by atoms with E-state index in [1.54, 1.807) is 12.4 Å². The van der Waals surface area contributed by atoms with Crippen molar-refractivity contribution in [1.29, 1.82) is 0 Å². The number of amides is 1. The number of aromatic nitrogens is 4. The van der Waals surface area contributed by atoms with Gasteiger partial charge in [0.2, 0.25) is 0 Å². The Morgan fingerprint density at radius 3 is 2.38 bits per heavy atom. The van der Waals surface area contributed by atoms with Gasteiger partial charge in [0.1, 0.15) is 12.1 Å². The van der Waals surface area contributed by atoms with E-state index in [0.29, 0.717) is 24.8 Å². The van der Waals surface area contributed by atoms with Crippen molar-refractivity contribution in [2.45, 2.75) is 25.8 Å². The molecule has 0 atom stereocenters. The third kappa shape index (κ3) is 3.89. The molecule has 1 aliphatic heterocycles. The van der Waals surface area contributed by atoms with Crippen LogP contribution in [-0.2, 0) is 0 Å². The minimum absolute atomic E-state index is 0.0539. The van der Waals surface area contributed by atoms with Crippen molar-refractivity contribution in [2.75, 3.05) is 44.0 Å². The van der Waals surface area contributed by atoms with Crippen LogP contribution in [0.15, 0.2) is 24.5 Å². The van der Waals surface area contributed by atoms with Gasteiger partial charge in [0.15, 0.2) is 11.5 Å². The van der Waals surface area contributed by atoms with E-state index in [9.17, 15) is 4.79 Å². The first-order valence-corrected chi connectivity index (χ1v) is 8.77. The summed E-state index contributed by atoms with van der Waals surface area (Å²) < 4.78 is 0. The molecule has 0 radical (unpaired) electrons. The minimum Gasteiger partial charge on any atom is -0.361 e. The number of rotatable bonds is 4. The number of aryl methyl sites for hydroxylation is 1. The Labute approximate surface area is 153 Å². The van der Waals surface area contributed by atoms with Crippen LogP contribution < -0.4 is 9.80 Å². The minimum atomic E-state index is -0.0539. The van der Waals surface area contributed by atoms with Gasteiger partial charge in [0, 0.05) is 52.0 Å². The first kappa shape index (κ1) is 18.0. The summed E-state index contributed by atoms with van der Waals surface area (Å²) in [6.45, 7) is 3.37. The molecule has 1 amide bonds. The summed E-state index contributed by atoms with van der Waals surface area (Å²) in [6.07, 6.45) is 3.39. The lowest BCUT2D eigenvalue weighted by Gasteiger charge is -2.37. The Morgan fingerprint density at radius 1 is 1.08 bits per heavy atom. The highest BCUT2D eigenvalue weighted by atomic mass is 16.2. The molecule has 2 aromatic rings. The van der Waals surface area contributed by atoms with Gasteiger partial charge in [-0.15, -0.1) is 10.2 Å². The molecular formula is C18H25N7O. The highest BCUT2D eigenvalue weighted by Crippen LogP contribution is 2.21. The Balaban J connectivity index is 1.60. The average Bonchev–Trinajstić information content (AvgIpc) is 2.67. The average molecular weight is 355 g/mol. The maximum atomic E-state index is 12.6. The zero-order valence-corrected chi connectivity index (χ0v) is 15.8. The van der Waals surface area contributed by atoms with Gasteiger partial charge in [0.25, 0.3) is 5.91 Å². The van der Waals surface area contributed by atoms with Gasteiger partial charge in [-0.25, -0.2) is 9.97 Å². The molecule has 1 saturated heterocycles. The van der Waals surface area contributed by atoms with Crippen LogP contribution in [0.2, 0.25) is 0 Å². The maximum absolute atomic E-state index is 12.6. The number of carbonyl (C=O) groups excluding carboxylic acids is 1. The van der Waals surface area contributed by atoms with E-state index in [1.807, 2.05) is 43.0 Å². The Morgan fingerprint density at radius 2 is 1.81 bits per heavy atom. The molecule has 0 aromatic carbocycles. The van der Waals surface area contributed by atoms with E-state index in [-0.39, 0.29) is 5.91 Å². The number of hydrogen-bond donors (Lipinski definition) is 0. The van der Waals surface area contributed by atoms with Crippen LogP contribution in [0.5, 0.6) is 0 Å². The smallest absolute Gasteiger partial charge is 0.274 e. The summed E-state index contributed by atoms with van der Waals surface area (Å²) in [6, 6.07) is 5.90. The second-order valence-electron chi connectivity index (χ2n) is 6.82. The summed E-state index contributed by atoms with van der Waals surface area (Å²) in [7, 11) is 5.84. The summed E-state index contributed by atoms with van der Waals surface area (Å²) in [4.78, 5) is 27.0. The summed E-state index contributed by atoms with van der Waals surface area (Å²) >= 11 is 0. The van der Waals surface area contributed by atoms with Crippen molar-refractivity contribution in [3.05, 3.63) is 35.9 Å². The quantitative estimate of drug-likeness (QED) is 0.820. The Kier molecular flexibility index (Phi) is 5.29. The molecule has 0 aliphatic carbocycles. The number of anilines is 2. The standard InChI is InChI=1S/C18H25N7O/c1-13-11-17(20-12-19-13)24(4)14-7-9-25(10-8-14)18(26)15-5-6-16(22-21-15)23(2)3/h5-6,11-12,14H,7-10H2,1-4H3. The third-order valence-electron chi connectivity index (χ3n) is 4.78. The lowest BCUT2D eigenvalue weighted by atomic mass is 10.0. The Hall–Kier alpha value is -2.77. The van der Waals surface area contributed by atoms with Crippen LogP contribution in [0, 0.1) is 6.92 Å². The summed E-state index contributed by atoms with van der Waals surface area (Å²) in [5.41, 5.74) is 1.35. The van der Waals surface area contributed by atoms with Crippen molar-refractivity contribution in [3.63, 3.8) is 0 Å². The molecule has 0 N–H and O–H groups in total. The lowest BCUT2D eigenvalue weighted by molar-refractivity contribution is 0.0706. The van der Waals surface area contributed by atoms with E-state index >= 15 is 0 Å². The van der Waals surface area contributed by atoms with E-state index < -0.39 is 0 Å². The van der Waals surface area contributed by atoms with Crippen molar-refractivity contribution < 1.29 is 4.79 Å². The third-order valence-corrected chi connectivity index (χ3v) is 4.78. The second-order valence-corrected chi connectivity index (χ2v) is 6.82. The number of carbonyl (C=O) groups is 1. The molecule has 26 heavy (non-hydrogen) atoms. The molecule has 1 fully saturated rings. The van der Waals surface area contributed by atoms with Crippen LogP contribution >= 0.6 is 0 Å². The predicted octanol–water partition coefficient (Wildman–Crippen LogP) is 1.38. The van der Waals surface area contributed by atoms with Crippen molar-refractivity contribution in [3.8, 4) is 0 Å². The monoisotopic (exact) mass is 355 g/mol. The van der Waals surface area contributed by atoms with E-state index in [4.69, 9.17) is 0 Å². The van der Waals surface area contributed by atoms with Crippen LogP contribution in [0.3, 0.4) is 0 Å². The molecule has 1 aliphatic rings. The van der Waals surface area contributed by atoms with Crippen LogP contribution in [0.25, 0.3) is 0 Å². The fourth-order valence-corrected chi connectivity index (χ4v) is 3.12. The zero-order valence-electron chi connectivity index (χ0n) is 15.8. The molecule has 2 aromatic heterocycles. The number of piperidine rings is 1. The molecule has 0 bridgehead atoms. The first-order valence-electron chi connectivity index (χ1n) is 8.77. The van der Waals surface area contributed by atoms with Crippen molar-refractivity contribution >= 4 is 17.5 Å². The van der Waals surface area contributed by atoms with Gasteiger partial charge in [-0.3, -0.25) is 4.79 Å². The summed E-state index contributed by atoms with van der Waals surface area (Å²) in [5.74, 6) is 1.61. The maximum Gasteiger partial charge on any atom is 0.274 e. The molecule has 0 unspecified atom stereocenters. The van der Waals surface area contributed by atoms with Gasteiger partial charge in [0.05, 0.1) is 0 Å². The fourth-order valence-electron chi connectivity index (χ4n) is 3.12. The summed E-state index contributed by atoms with van der Waals surface area (Å²) in [5, 5.41) is 8.17. The molecule has 138 valence electrons. The zero-order chi connectivity index (χ0) is 18.7. The van der Waals surface area contributed by atoms with Crippen LogP contribution in [-0.4, -0.2) is 71.2 Å². The number of nitrogens with zero attached hydrogens (tertiary/aromatic N) is 7. The first-order chi connectivity index (χ1) is 12.5. The van der Waals surface area contributed by atoms with E-state index in [1.165, 1.54) is 0 Å². The largest absolute Gasteiger partial charge is 0.361 e. The van der Waals surface area contributed by atoms with Crippen molar-refractivity contribution in [1.82, 2.24) is 25.1 Å². The topological polar surface area (TPSA) is 78.4 Å². The fraction of sp³-hybridized carbons (Fsp3) is 0.500. The molecule has 3 heterocycles. The highest BCUT2D eigenvalue weighted by molar-refractivity contribution is 5.92. The van der Waals surface area contributed by atoms with Gasteiger partial charge in [-0.2, -0.15) is 0 Å². The molecular weight excluding hydrogens is 330 g/mol. The SMILES string of the molecule is Cc1cc(N(C)C2CCN(C(=O)c3ccc(N(C)C)nn3)CC2)ncn1. The molecule has 0 spiro atoms. The predicted molar refractivity (Wildman–Crippen MR) is 100 cm³/mol. The Bertz CT molecular complexity index is 754. The molecule has 8 heteroatoms. The van der Waals surface area contributed by atoms with Gasteiger partial charge < -0.3 is 14.7 Å². The van der Waals surface area contributed by atoms with E-state index in [0.717, 1.165) is 30.2 Å². The number of likely N-dealkylation sites (tertiary alicyclic amines) is 1. The van der Waals surface area contributed by atoms with E-state index in [2.05, 4.69) is 32.1 Å². The molecule has 3 rings (SSSR count). The molecule has 0 saturated carbocycles. The van der Waals surface area contributed by atoms with Crippen molar-refractivity contribution in [2.24, 2.45) is 0 Å². The molecule has 8 nitrogen and oxygen atoms in total. The van der Waals surface area contributed by atoms with Gasteiger partial charge >= 0.3 is 0 Å². The lowest BCUT2D eigenvalue weighted by Crippen LogP contribution is -2.46. The number of hydrogen-bond acceptors (Lipinski definition) is 7.